The largest absolute Gasteiger partial charge is 0.315 e. The van der Waals surface area contributed by atoms with Gasteiger partial charge in [-0.3, -0.25) is 9.69 Å². The number of fused-ring (bicyclic) bond motifs is 1. The number of hydrogen-bond acceptors (Lipinski definition) is 3. The van der Waals surface area contributed by atoms with Crippen LogP contribution < -0.4 is 10.2 Å². The van der Waals surface area contributed by atoms with Crippen molar-refractivity contribution in [2.45, 2.75) is 25.3 Å². The predicted molar refractivity (Wildman–Crippen MR) is 81.0 cm³/mol. The van der Waals surface area contributed by atoms with E-state index in [4.69, 9.17) is 0 Å². The summed E-state index contributed by atoms with van der Waals surface area (Å²) in [4.78, 5) is 16.8. The second-order valence-corrected chi connectivity index (χ2v) is 5.84. The Bertz CT molecular complexity index is 482. The Labute approximate surface area is 120 Å². The summed E-state index contributed by atoms with van der Waals surface area (Å²) < 4.78 is 0. The second-order valence-electron chi connectivity index (χ2n) is 5.84. The molecular formula is C16H23N3O. The molecule has 4 nitrogen and oxygen atoms in total. The van der Waals surface area contributed by atoms with E-state index >= 15 is 0 Å². The zero-order valence-electron chi connectivity index (χ0n) is 12.1. The van der Waals surface area contributed by atoms with Crippen LogP contribution in [0.4, 0.5) is 5.69 Å². The van der Waals surface area contributed by atoms with E-state index in [2.05, 4.69) is 35.5 Å². The first-order valence-electron chi connectivity index (χ1n) is 7.55. The Balaban J connectivity index is 1.68. The Morgan fingerprint density at radius 2 is 2.30 bits per heavy atom. The molecule has 1 amide bonds. The van der Waals surface area contributed by atoms with Gasteiger partial charge in [-0.25, -0.2) is 0 Å². The minimum Gasteiger partial charge on any atom is -0.315 e. The molecule has 1 unspecified atom stereocenters. The van der Waals surface area contributed by atoms with Gasteiger partial charge in [-0.05, 0) is 44.5 Å². The number of aryl methyl sites for hydroxylation is 1. The highest BCUT2D eigenvalue weighted by Crippen LogP contribution is 2.26. The van der Waals surface area contributed by atoms with Crippen LogP contribution in [-0.2, 0) is 11.2 Å². The number of carbonyl (C=O) groups excluding carboxylic acids is 1. The van der Waals surface area contributed by atoms with Crippen molar-refractivity contribution in [1.82, 2.24) is 10.2 Å². The van der Waals surface area contributed by atoms with Gasteiger partial charge in [0.15, 0.2) is 0 Å². The average molecular weight is 273 g/mol. The van der Waals surface area contributed by atoms with Gasteiger partial charge in [0, 0.05) is 24.8 Å². The van der Waals surface area contributed by atoms with Gasteiger partial charge in [-0.15, -0.1) is 0 Å². The van der Waals surface area contributed by atoms with Crippen molar-refractivity contribution in [3.63, 3.8) is 0 Å². The summed E-state index contributed by atoms with van der Waals surface area (Å²) in [5, 5.41) is 3.36. The van der Waals surface area contributed by atoms with Gasteiger partial charge in [0.05, 0.1) is 6.54 Å². The molecule has 2 aliphatic rings. The molecule has 1 aromatic rings. The number of carbonyl (C=O) groups is 1. The fourth-order valence-electron chi connectivity index (χ4n) is 3.24. The van der Waals surface area contributed by atoms with Crippen molar-refractivity contribution >= 4 is 11.6 Å². The van der Waals surface area contributed by atoms with Gasteiger partial charge in [0.1, 0.15) is 0 Å². The molecule has 4 heteroatoms. The minimum absolute atomic E-state index is 0.228. The lowest BCUT2D eigenvalue weighted by Crippen LogP contribution is -2.45. The molecule has 1 N–H and O–H groups in total. The maximum absolute atomic E-state index is 12.6. The Kier molecular flexibility index (Phi) is 4.03. The SMILES string of the molecule is CN(CC(=O)N1CCCc2ccccc21)C1CCNC1. The van der Waals surface area contributed by atoms with E-state index in [9.17, 15) is 4.79 Å². The fourth-order valence-corrected chi connectivity index (χ4v) is 3.24. The van der Waals surface area contributed by atoms with Gasteiger partial charge in [0.2, 0.25) is 5.91 Å². The van der Waals surface area contributed by atoms with Gasteiger partial charge >= 0.3 is 0 Å². The van der Waals surface area contributed by atoms with Gasteiger partial charge in [-0.2, -0.15) is 0 Å². The highest BCUT2D eigenvalue weighted by molar-refractivity contribution is 5.95. The first kappa shape index (κ1) is 13.6. The molecule has 1 aromatic carbocycles. The third-order valence-electron chi connectivity index (χ3n) is 4.45. The number of nitrogens with one attached hydrogen (secondary N) is 1. The number of nitrogens with zero attached hydrogens (tertiary/aromatic N) is 2. The number of rotatable bonds is 3. The average Bonchev–Trinajstić information content (AvgIpc) is 3.01. The van der Waals surface area contributed by atoms with Gasteiger partial charge in [0.25, 0.3) is 0 Å². The fraction of sp³-hybridized carbons (Fsp3) is 0.562. The summed E-state index contributed by atoms with van der Waals surface area (Å²) in [6.07, 6.45) is 3.29. The van der Waals surface area contributed by atoms with Crippen LogP contribution >= 0.6 is 0 Å². The third-order valence-corrected chi connectivity index (χ3v) is 4.45. The molecule has 1 fully saturated rings. The van der Waals surface area contributed by atoms with E-state index in [1.165, 1.54) is 5.56 Å². The molecule has 1 atom stereocenters. The maximum Gasteiger partial charge on any atom is 0.241 e. The lowest BCUT2D eigenvalue weighted by Gasteiger charge is -2.32. The molecule has 0 aromatic heterocycles. The van der Waals surface area contributed by atoms with E-state index in [0.717, 1.165) is 44.6 Å². The normalized spacial score (nSPS) is 22.1. The van der Waals surface area contributed by atoms with E-state index < -0.39 is 0 Å². The monoisotopic (exact) mass is 273 g/mol. The molecule has 20 heavy (non-hydrogen) atoms. The Morgan fingerprint density at radius 3 is 3.10 bits per heavy atom. The molecule has 108 valence electrons. The molecule has 0 spiro atoms. The minimum atomic E-state index is 0.228. The van der Waals surface area contributed by atoms with E-state index in [1.54, 1.807) is 0 Å². The first-order chi connectivity index (χ1) is 9.75. The zero-order valence-corrected chi connectivity index (χ0v) is 12.1. The zero-order chi connectivity index (χ0) is 13.9. The third kappa shape index (κ3) is 2.72. The van der Waals surface area contributed by atoms with Crippen molar-refractivity contribution in [3.05, 3.63) is 29.8 Å². The maximum atomic E-state index is 12.6. The van der Waals surface area contributed by atoms with Crippen LogP contribution in [0.3, 0.4) is 0 Å². The summed E-state index contributed by atoms with van der Waals surface area (Å²) in [7, 11) is 2.06. The number of anilines is 1. The molecule has 0 radical (unpaired) electrons. The van der Waals surface area contributed by atoms with Crippen LogP contribution in [0.1, 0.15) is 18.4 Å². The van der Waals surface area contributed by atoms with Crippen LogP contribution in [-0.4, -0.2) is 50.1 Å². The number of amides is 1. The van der Waals surface area contributed by atoms with Crippen LogP contribution in [0.5, 0.6) is 0 Å². The summed E-state index contributed by atoms with van der Waals surface area (Å²) >= 11 is 0. The highest BCUT2D eigenvalue weighted by Gasteiger charge is 2.26. The van der Waals surface area contributed by atoms with E-state index in [0.29, 0.717) is 12.6 Å². The molecular weight excluding hydrogens is 250 g/mol. The molecule has 2 aliphatic heterocycles. The smallest absolute Gasteiger partial charge is 0.241 e. The topological polar surface area (TPSA) is 35.6 Å². The van der Waals surface area contributed by atoms with Gasteiger partial charge in [-0.1, -0.05) is 18.2 Å². The molecule has 3 rings (SSSR count). The predicted octanol–water partition coefficient (Wildman–Crippen LogP) is 1.26. The first-order valence-corrected chi connectivity index (χ1v) is 7.55. The van der Waals surface area contributed by atoms with Crippen molar-refractivity contribution < 1.29 is 4.79 Å². The number of para-hydroxylation sites is 1. The van der Waals surface area contributed by atoms with Crippen molar-refractivity contribution in [2.24, 2.45) is 0 Å². The summed E-state index contributed by atoms with van der Waals surface area (Å²) in [5.74, 6) is 0.228. The van der Waals surface area contributed by atoms with Crippen molar-refractivity contribution in [1.29, 1.82) is 0 Å². The molecule has 0 saturated carbocycles. The summed E-state index contributed by atoms with van der Waals surface area (Å²) in [6.45, 7) is 3.43. The standard InChI is InChI=1S/C16H23N3O/c1-18(14-8-9-17-11-14)12-16(20)19-10-4-6-13-5-2-3-7-15(13)19/h2-3,5,7,14,17H,4,6,8-12H2,1H3. The lowest BCUT2D eigenvalue weighted by molar-refractivity contribution is -0.119. The number of likely N-dealkylation sites (N-methyl/N-ethyl adjacent to an activating group) is 1. The molecule has 1 saturated heterocycles. The molecule has 0 aliphatic carbocycles. The van der Waals surface area contributed by atoms with Crippen LogP contribution in [0, 0.1) is 0 Å². The van der Waals surface area contributed by atoms with Crippen LogP contribution in [0.15, 0.2) is 24.3 Å². The van der Waals surface area contributed by atoms with E-state index in [1.807, 2.05) is 11.0 Å². The van der Waals surface area contributed by atoms with Crippen LogP contribution in [0.25, 0.3) is 0 Å². The quantitative estimate of drug-likeness (QED) is 0.900. The van der Waals surface area contributed by atoms with E-state index in [-0.39, 0.29) is 5.91 Å². The van der Waals surface area contributed by atoms with Crippen molar-refractivity contribution in [3.8, 4) is 0 Å². The Hall–Kier alpha value is -1.39. The lowest BCUT2D eigenvalue weighted by atomic mass is 10.0. The summed E-state index contributed by atoms with van der Waals surface area (Å²) in [6, 6.07) is 8.79. The number of benzene rings is 1. The van der Waals surface area contributed by atoms with Crippen LogP contribution in [0.2, 0.25) is 0 Å². The highest BCUT2D eigenvalue weighted by atomic mass is 16.2. The molecule has 2 heterocycles. The van der Waals surface area contributed by atoms with Gasteiger partial charge < -0.3 is 10.2 Å². The number of hydrogen-bond donors (Lipinski definition) is 1. The van der Waals surface area contributed by atoms with Crippen molar-refractivity contribution in [2.75, 3.05) is 38.1 Å². The Morgan fingerprint density at radius 1 is 1.45 bits per heavy atom. The molecule has 0 bridgehead atoms. The second kappa shape index (κ2) is 5.94. The summed E-state index contributed by atoms with van der Waals surface area (Å²) in [5.41, 5.74) is 2.42.